The second-order valence-electron chi connectivity index (χ2n) is 5.39. The second kappa shape index (κ2) is 6.10. The molecule has 0 aliphatic carbocycles. The van der Waals surface area contributed by atoms with E-state index in [2.05, 4.69) is 0 Å². The third-order valence-corrected chi connectivity index (χ3v) is 5.73. The third-order valence-electron chi connectivity index (χ3n) is 3.93. The standard InChI is InChI=1S/C16H12N2O6S/c19-15-12(11-6-2-1-3-7-11)10-17(16(15)20)25(23,24)14-9-5-4-8-13(14)18(21)22/h1-9,12H,10H2/t12-/m0/s1. The van der Waals surface area contributed by atoms with Gasteiger partial charge in [-0.05, 0) is 11.6 Å². The minimum atomic E-state index is -4.52. The molecule has 0 saturated carbocycles. The molecule has 128 valence electrons. The van der Waals surface area contributed by atoms with Crippen molar-refractivity contribution in [2.24, 2.45) is 0 Å². The van der Waals surface area contributed by atoms with Gasteiger partial charge in [0.25, 0.3) is 15.7 Å². The Bertz CT molecular complexity index is 971. The van der Waals surface area contributed by atoms with Crippen molar-refractivity contribution in [3.63, 3.8) is 0 Å². The number of benzene rings is 2. The molecule has 2 aromatic rings. The Hall–Kier alpha value is -3.07. The summed E-state index contributed by atoms with van der Waals surface area (Å²) in [6.45, 7) is -0.379. The lowest BCUT2D eigenvalue weighted by molar-refractivity contribution is -0.387. The molecule has 1 fully saturated rings. The van der Waals surface area contributed by atoms with E-state index < -0.39 is 43.1 Å². The lowest BCUT2D eigenvalue weighted by Gasteiger charge is -2.16. The monoisotopic (exact) mass is 360 g/mol. The molecule has 0 aromatic heterocycles. The number of carbonyl (C=O) groups is 2. The van der Waals surface area contributed by atoms with Gasteiger partial charge in [-0.1, -0.05) is 42.5 Å². The van der Waals surface area contributed by atoms with E-state index in [4.69, 9.17) is 0 Å². The highest BCUT2D eigenvalue weighted by Crippen LogP contribution is 2.32. The van der Waals surface area contributed by atoms with Gasteiger partial charge in [0.05, 0.1) is 17.4 Å². The van der Waals surface area contributed by atoms with Gasteiger partial charge in [0.2, 0.25) is 5.78 Å². The molecule has 1 aliphatic rings. The van der Waals surface area contributed by atoms with Gasteiger partial charge in [0, 0.05) is 6.07 Å². The van der Waals surface area contributed by atoms with E-state index >= 15 is 0 Å². The largest absolute Gasteiger partial charge is 0.304 e. The SMILES string of the molecule is O=C1C(=O)N(S(=O)(=O)c2ccccc2[N+](=O)[O-])C[C@H]1c1ccccc1. The number of Topliss-reactive ketones (excluding diaryl/α,β-unsaturated/α-hetero) is 1. The predicted molar refractivity (Wildman–Crippen MR) is 86.2 cm³/mol. The zero-order valence-corrected chi connectivity index (χ0v) is 13.5. The molecule has 0 N–H and O–H groups in total. The van der Waals surface area contributed by atoms with Crippen LogP contribution in [0.2, 0.25) is 0 Å². The topological polar surface area (TPSA) is 115 Å². The summed E-state index contributed by atoms with van der Waals surface area (Å²) in [4.78, 5) is 34.1. The van der Waals surface area contributed by atoms with Crippen molar-refractivity contribution >= 4 is 27.4 Å². The molecule has 3 rings (SSSR count). The Morgan fingerprint density at radius 1 is 1.00 bits per heavy atom. The Morgan fingerprint density at radius 2 is 1.60 bits per heavy atom. The fourth-order valence-corrected chi connectivity index (χ4v) is 4.25. The molecule has 25 heavy (non-hydrogen) atoms. The number of rotatable bonds is 4. The van der Waals surface area contributed by atoms with Crippen molar-refractivity contribution in [3.05, 3.63) is 70.3 Å². The lowest BCUT2D eigenvalue weighted by atomic mass is 9.97. The fraction of sp³-hybridized carbons (Fsp3) is 0.125. The first-order valence-electron chi connectivity index (χ1n) is 7.23. The summed E-state index contributed by atoms with van der Waals surface area (Å²) < 4.78 is 25.9. The van der Waals surface area contributed by atoms with Crippen molar-refractivity contribution in [3.8, 4) is 0 Å². The van der Waals surface area contributed by atoms with Crippen molar-refractivity contribution < 1.29 is 22.9 Å². The van der Waals surface area contributed by atoms with Crippen LogP contribution in [-0.2, 0) is 19.6 Å². The number of nitrogens with zero attached hydrogens (tertiary/aromatic N) is 2. The van der Waals surface area contributed by atoms with Gasteiger partial charge in [-0.3, -0.25) is 19.7 Å². The first kappa shape index (κ1) is 16.8. The van der Waals surface area contributed by atoms with Crippen molar-refractivity contribution in [1.29, 1.82) is 0 Å². The summed E-state index contributed by atoms with van der Waals surface area (Å²) in [7, 11) is -4.52. The van der Waals surface area contributed by atoms with E-state index in [-0.39, 0.29) is 6.54 Å². The zero-order chi connectivity index (χ0) is 18.2. The Balaban J connectivity index is 2.03. The summed E-state index contributed by atoms with van der Waals surface area (Å²) >= 11 is 0. The number of sulfonamides is 1. The van der Waals surface area contributed by atoms with E-state index in [1.54, 1.807) is 30.3 Å². The molecule has 2 aromatic carbocycles. The van der Waals surface area contributed by atoms with Gasteiger partial charge >= 0.3 is 5.91 Å². The number of nitro groups is 1. The molecule has 0 spiro atoms. The number of nitro benzene ring substituents is 1. The van der Waals surface area contributed by atoms with E-state index in [1.165, 1.54) is 12.1 Å². The van der Waals surface area contributed by atoms with Gasteiger partial charge in [-0.2, -0.15) is 0 Å². The van der Waals surface area contributed by atoms with E-state index in [9.17, 15) is 28.1 Å². The van der Waals surface area contributed by atoms with Crippen molar-refractivity contribution in [1.82, 2.24) is 4.31 Å². The average molecular weight is 360 g/mol. The number of carbonyl (C=O) groups excluding carboxylic acids is 2. The van der Waals surface area contributed by atoms with E-state index in [0.717, 1.165) is 12.1 Å². The Kier molecular flexibility index (Phi) is 4.09. The first-order valence-corrected chi connectivity index (χ1v) is 8.67. The average Bonchev–Trinajstić information content (AvgIpc) is 2.92. The maximum Gasteiger partial charge on any atom is 0.304 e. The number of amides is 1. The van der Waals surface area contributed by atoms with Crippen LogP contribution in [0.1, 0.15) is 11.5 Å². The third kappa shape index (κ3) is 2.78. The molecule has 0 bridgehead atoms. The van der Waals surface area contributed by atoms with Gasteiger partial charge < -0.3 is 0 Å². The predicted octanol–water partition coefficient (Wildman–Crippen LogP) is 1.48. The second-order valence-corrected chi connectivity index (χ2v) is 7.22. The number of hydrogen-bond donors (Lipinski definition) is 0. The first-order chi connectivity index (χ1) is 11.8. The van der Waals surface area contributed by atoms with Crippen molar-refractivity contribution in [2.45, 2.75) is 10.8 Å². The normalized spacial score (nSPS) is 17.8. The molecule has 8 nitrogen and oxygen atoms in total. The molecule has 9 heteroatoms. The number of para-hydroxylation sites is 1. The zero-order valence-electron chi connectivity index (χ0n) is 12.7. The molecule has 1 saturated heterocycles. The molecular weight excluding hydrogens is 348 g/mol. The minimum Gasteiger partial charge on any atom is -0.288 e. The highest BCUT2D eigenvalue weighted by atomic mass is 32.2. The van der Waals surface area contributed by atoms with E-state index in [0.29, 0.717) is 9.87 Å². The number of hydrogen-bond acceptors (Lipinski definition) is 6. The van der Waals surface area contributed by atoms with Crippen LogP contribution in [0.4, 0.5) is 5.69 Å². The van der Waals surface area contributed by atoms with Crippen LogP contribution in [0.15, 0.2) is 59.5 Å². The smallest absolute Gasteiger partial charge is 0.288 e. The summed E-state index contributed by atoms with van der Waals surface area (Å²) in [5.74, 6) is -2.97. The van der Waals surface area contributed by atoms with Crippen molar-refractivity contribution in [2.75, 3.05) is 6.54 Å². The van der Waals surface area contributed by atoms with Crippen LogP contribution in [0.25, 0.3) is 0 Å². The van der Waals surface area contributed by atoms with E-state index in [1.807, 2.05) is 0 Å². The van der Waals surface area contributed by atoms with Crippen LogP contribution < -0.4 is 0 Å². The molecular formula is C16H12N2O6S. The molecule has 0 radical (unpaired) electrons. The summed E-state index contributed by atoms with van der Waals surface area (Å²) in [5, 5.41) is 11.1. The summed E-state index contributed by atoms with van der Waals surface area (Å²) in [6, 6.07) is 13.0. The van der Waals surface area contributed by atoms with Crippen LogP contribution in [0, 0.1) is 10.1 Å². The maximum absolute atomic E-state index is 12.7. The van der Waals surface area contributed by atoms with Gasteiger partial charge in [0.15, 0.2) is 4.90 Å². The van der Waals surface area contributed by atoms with Crippen LogP contribution in [0.3, 0.4) is 0 Å². The van der Waals surface area contributed by atoms with Crippen LogP contribution >= 0.6 is 0 Å². The summed E-state index contributed by atoms with van der Waals surface area (Å²) in [6.07, 6.45) is 0. The minimum absolute atomic E-state index is 0.379. The Morgan fingerprint density at radius 3 is 2.24 bits per heavy atom. The molecule has 1 aliphatic heterocycles. The van der Waals surface area contributed by atoms with Crippen LogP contribution in [0.5, 0.6) is 0 Å². The van der Waals surface area contributed by atoms with Gasteiger partial charge in [-0.25, -0.2) is 12.7 Å². The van der Waals surface area contributed by atoms with Crippen LogP contribution in [-0.4, -0.2) is 35.9 Å². The fourth-order valence-electron chi connectivity index (χ4n) is 2.70. The highest BCUT2D eigenvalue weighted by Gasteiger charge is 2.47. The molecule has 1 amide bonds. The van der Waals surface area contributed by atoms with Gasteiger partial charge in [0.1, 0.15) is 0 Å². The number of ketones is 1. The van der Waals surface area contributed by atoms with Gasteiger partial charge in [-0.15, -0.1) is 0 Å². The lowest BCUT2D eigenvalue weighted by Crippen LogP contribution is -2.34. The Labute approximate surface area is 142 Å². The molecule has 1 atom stereocenters. The summed E-state index contributed by atoms with van der Waals surface area (Å²) in [5.41, 5.74) is -0.132. The maximum atomic E-state index is 12.7. The highest BCUT2D eigenvalue weighted by molar-refractivity contribution is 7.90. The molecule has 0 unspecified atom stereocenters. The molecule has 1 heterocycles. The quantitative estimate of drug-likeness (QED) is 0.463.